The minimum absolute atomic E-state index is 0.0421. The molecule has 6 nitrogen and oxygen atoms in total. The van der Waals surface area contributed by atoms with Crippen molar-refractivity contribution in [3.05, 3.63) is 71.2 Å². The first-order valence-corrected chi connectivity index (χ1v) is 13.3. The summed E-state index contributed by atoms with van der Waals surface area (Å²) >= 11 is 14.3. The van der Waals surface area contributed by atoms with Gasteiger partial charge in [-0.15, -0.1) is 0 Å². The van der Waals surface area contributed by atoms with Gasteiger partial charge in [0.1, 0.15) is 0 Å². The maximum atomic E-state index is 13.7. The zero-order valence-corrected chi connectivity index (χ0v) is 19.9. The predicted molar refractivity (Wildman–Crippen MR) is 132 cm³/mol. The summed E-state index contributed by atoms with van der Waals surface area (Å²) in [6.07, 6.45) is 3.01. The maximum Gasteiger partial charge on any atom is 0.268 e. The molecule has 0 N–H and O–H groups in total. The normalized spacial score (nSPS) is 14.8. The molecule has 3 heterocycles. The van der Waals surface area contributed by atoms with Crippen molar-refractivity contribution >= 4 is 61.6 Å². The Balaban J connectivity index is 1.83. The Morgan fingerprint density at radius 3 is 2.47 bits per heavy atom. The van der Waals surface area contributed by atoms with E-state index in [0.29, 0.717) is 21.8 Å². The molecule has 1 aliphatic heterocycles. The van der Waals surface area contributed by atoms with E-state index in [-0.39, 0.29) is 10.2 Å². The quantitative estimate of drug-likeness (QED) is 0.356. The third kappa shape index (κ3) is 3.75. The molecule has 2 aromatic heterocycles. The second kappa shape index (κ2) is 8.59. The van der Waals surface area contributed by atoms with Gasteiger partial charge in [0.2, 0.25) is 5.28 Å². The van der Waals surface area contributed by atoms with Gasteiger partial charge in [-0.3, -0.25) is 0 Å². The molecule has 0 bridgehead atoms. The van der Waals surface area contributed by atoms with Crippen LogP contribution in [0.1, 0.15) is 0 Å². The van der Waals surface area contributed by atoms with Gasteiger partial charge in [0, 0.05) is 41.7 Å². The molecule has 164 valence electrons. The highest BCUT2D eigenvalue weighted by molar-refractivity contribution is 7.99. The average Bonchev–Trinajstić information content (AvgIpc) is 3.22. The molecule has 0 saturated carbocycles. The lowest BCUT2D eigenvalue weighted by atomic mass is 10.1. The summed E-state index contributed by atoms with van der Waals surface area (Å²) in [7, 11) is -3.87. The first-order chi connectivity index (χ1) is 15.5. The molecule has 10 heteroatoms. The van der Waals surface area contributed by atoms with Crippen LogP contribution in [-0.4, -0.2) is 47.0 Å². The van der Waals surface area contributed by atoms with Gasteiger partial charge in [-0.25, -0.2) is 22.4 Å². The number of fused-ring (bicyclic) bond motifs is 1. The summed E-state index contributed by atoms with van der Waals surface area (Å²) in [6.45, 7) is 1.69. The Morgan fingerprint density at radius 1 is 0.969 bits per heavy atom. The number of rotatable bonds is 4. The number of benzene rings is 2. The highest BCUT2D eigenvalue weighted by Gasteiger charge is 2.27. The summed E-state index contributed by atoms with van der Waals surface area (Å²) in [5.74, 6) is 1.98. The minimum atomic E-state index is -3.87. The fraction of sp³-hybridized carbons (Fsp3) is 0.182. The van der Waals surface area contributed by atoms with E-state index in [1.807, 2.05) is 30.0 Å². The van der Waals surface area contributed by atoms with Crippen LogP contribution in [0.25, 0.3) is 22.2 Å². The van der Waals surface area contributed by atoms with E-state index in [4.69, 9.17) is 23.2 Å². The molecule has 32 heavy (non-hydrogen) atoms. The largest absolute Gasteiger partial charge is 0.368 e. The van der Waals surface area contributed by atoms with E-state index >= 15 is 0 Å². The van der Waals surface area contributed by atoms with E-state index in [0.717, 1.165) is 35.7 Å². The molecule has 0 atom stereocenters. The minimum Gasteiger partial charge on any atom is -0.368 e. The number of hydrogen-bond donors (Lipinski definition) is 0. The molecule has 0 amide bonds. The fourth-order valence-electron chi connectivity index (χ4n) is 3.91. The number of anilines is 1. The van der Waals surface area contributed by atoms with Crippen LogP contribution in [0.5, 0.6) is 0 Å². The Kier molecular flexibility index (Phi) is 5.79. The van der Waals surface area contributed by atoms with Crippen molar-refractivity contribution in [1.29, 1.82) is 0 Å². The van der Waals surface area contributed by atoms with Crippen LogP contribution in [0.3, 0.4) is 0 Å². The number of aromatic nitrogens is 3. The maximum absolute atomic E-state index is 13.7. The van der Waals surface area contributed by atoms with Crippen molar-refractivity contribution in [3.63, 3.8) is 0 Å². The molecule has 0 aliphatic carbocycles. The van der Waals surface area contributed by atoms with Crippen LogP contribution in [0.2, 0.25) is 10.3 Å². The van der Waals surface area contributed by atoms with Crippen LogP contribution in [0.15, 0.2) is 65.8 Å². The molecule has 2 aromatic carbocycles. The fourth-order valence-corrected chi connectivity index (χ4v) is 6.54. The van der Waals surface area contributed by atoms with E-state index in [1.54, 1.807) is 36.5 Å². The lowest BCUT2D eigenvalue weighted by Gasteiger charge is -2.29. The van der Waals surface area contributed by atoms with Gasteiger partial charge in [-0.2, -0.15) is 11.8 Å². The summed E-state index contributed by atoms with van der Waals surface area (Å²) in [5.41, 5.74) is 2.45. The highest BCUT2D eigenvalue weighted by atomic mass is 35.5. The van der Waals surface area contributed by atoms with Crippen LogP contribution < -0.4 is 4.90 Å². The van der Waals surface area contributed by atoms with Gasteiger partial charge in [-0.05, 0) is 29.8 Å². The molecular weight excluding hydrogens is 487 g/mol. The first-order valence-electron chi connectivity index (χ1n) is 9.92. The molecule has 0 unspecified atom stereocenters. The average molecular weight is 505 g/mol. The number of para-hydroxylation sites is 1. The standard InChI is InChI=1S/C22H18Cl2N4O2S2/c23-18-13-25-22(24)26-20(18)17-14-28(32(29,30)15-5-2-1-3-6-15)21-16(17)7-4-8-19(21)27-9-11-31-12-10-27/h1-8,13-14H,9-12H2. The Bertz CT molecular complexity index is 1400. The molecule has 0 radical (unpaired) electrons. The molecular formula is C22H18Cl2N4O2S2. The molecule has 1 aliphatic rings. The first kappa shape index (κ1) is 21.6. The van der Waals surface area contributed by atoms with Gasteiger partial charge in [0.15, 0.2) is 0 Å². The van der Waals surface area contributed by atoms with E-state index < -0.39 is 10.0 Å². The van der Waals surface area contributed by atoms with Gasteiger partial charge in [-0.1, -0.05) is 41.9 Å². The molecule has 5 rings (SSSR count). The topological polar surface area (TPSA) is 68.1 Å². The van der Waals surface area contributed by atoms with Crippen molar-refractivity contribution < 1.29 is 8.42 Å². The predicted octanol–water partition coefficient (Wildman–Crippen LogP) is 5.20. The second-order valence-electron chi connectivity index (χ2n) is 7.26. The molecule has 4 aromatic rings. The second-order valence-corrected chi connectivity index (χ2v) is 11.0. The zero-order valence-electron chi connectivity index (χ0n) is 16.8. The van der Waals surface area contributed by atoms with Crippen LogP contribution in [0.4, 0.5) is 5.69 Å². The lowest BCUT2D eigenvalue weighted by molar-refractivity contribution is 0.589. The van der Waals surface area contributed by atoms with Gasteiger partial charge >= 0.3 is 0 Å². The Labute approximate surface area is 200 Å². The smallest absolute Gasteiger partial charge is 0.268 e. The third-order valence-electron chi connectivity index (χ3n) is 5.39. The van der Waals surface area contributed by atoms with Crippen LogP contribution >= 0.6 is 35.0 Å². The van der Waals surface area contributed by atoms with Gasteiger partial charge < -0.3 is 4.90 Å². The van der Waals surface area contributed by atoms with Crippen LogP contribution in [-0.2, 0) is 10.0 Å². The van der Waals surface area contributed by atoms with Crippen molar-refractivity contribution in [2.45, 2.75) is 4.90 Å². The highest BCUT2D eigenvalue weighted by Crippen LogP contribution is 2.40. The van der Waals surface area contributed by atoms with E-state index in [9.17, 15) is 8.42 Å². The number of nitrogens with zero attached hydrogens (tertiary/aromatic N) is 4. The van der Waals surface area contributed by atoms with Gasteiger partial charge in [0.05, 0.1) is 33.0 Å². The zero-order chi connectivity index (χ0) is 22.3. The third-order valence-corrected chi connectivity index (χ3v) is 8.47. The summed E-state index contributed by atoms with van der Waals surface area (Å²) in [6, 6.07) is 14.2. The van der Waals surface area contributed by atoms with Crippen molar-refractivity contribution in [3.8, 4) is 11.3 Å². The number of halogens is 2. The number of hydrogen-bond acceptors (Lipinski definition) is 6. The van der Waals surface area contributed by atoms with Crippen molar-refractivity contribution in [2.24, 2.45) is 0 Å². The molecule has 1 saturated heterocycles. The van der Waals surface area contributed by atoms with Crippen molar-refractivity contribution in [1.82, 2.24) is 13.9 Å². The summed E-state index contributed by atoms with van der Waals surface area (Å²) in [4.78, 5) is 10.7. The molecule has 1 fully saturated rings. The Hall–Kier alpha value is -2.26. The van der Waals surface area contributed by atoms with Crippen molar-refractivity contribution in [2.75, 3.05) is 29.5 Å². The summed E-state index contributed by atoms with van der Waals surface area (Å²) in [5, 5.41) is 1.07. The monoisotopic (exact) mass is 504 g/mol. The lowest BCUT2D eigenvalue weighted by Crippen LogP contribution is -2.33. The van der Waals surface area contributed by atoms with E-state index in [1.165, 1.54) is 10.2 Å². The van der Waals surface area contributed by atoms with Gasteiger partial charge in [0.25, 0.3) is 10.0 Å². The number of thioether (sulfide) groups is 1. The van der Waals surface area contributed by atoms with Crippen LogP contribution in [0, 0.1) is 0 Å². The SMILES string of the molecule is O=S(=O)(c1ccccc1)n1cc(-c2nc(Cl)ncc2Cl)c2cccc(N3CCSCC3)c21. The van der Waals surface area contributed by atoms with E-state index in [2.05, 4.69) is 14.9 Å². The summed E-state index contributed by atoms with van der Waals surface area (Å²) < 4.78 is 28.8. The Morgan fingerprint density at radius 2 is 1.72 bits per heavy atom. The molecule has 0 spiro atoms.